The number of halogens is 3. The number of hydrogen-bond donors (Lipinski definition) is 1. The molecule has 2 aromatic rings. The van der Waals surface area contributed by atoms with Crippen molar-refractivity contribution in [2.75, 3.05) is 0 Å². The van der Waals surface area contributed by atoms with E-state index < -0.39 is 18.7 Å². The van der Waals surface area contributed by atoms with Crippen LogP contribution in [-0.4, -0.2) is 24.9 Å². The summed E-state index contributed by atoms with van der Waals surface area (Å²) in [6, 6.07) is 1.74. The maximum Gasteiger partial charge on any atom is 0.282 e. The van der Waals surface area contributed by atoms with E-state index in [0.717, 1.165) is 4.68 Å². The highest BCUT2D eigenvalue weighted by Gasteiger charge is 2.24. The molecule has 8 heteroatoms. The molecule has 2 aromatic heterocycles. The highest BCUT2D eigenvalue weighted by Crippen LogP contribution is 2.29. The quantitative estimate of drug-likeness (QED) is 0.942. The Hall–Kier alpha value is -1.60. The normalized spacial score (nSPS) is 11.3. The fraction of sp³-hybridized carbons (Fsp3) is 0.364. The van der Waals surface area contributed by atoms with Crippen molar-refractivity contribution in [2.24, 2.45) is 0 Å². The smallest absolute Gasteiger partial charge is 0.282 e. The second-order valence-electron chi connectivity index (χ2n) is 3.98. The zero-order valence-corrected chi connectivity index (χ0v) is 11.0. The first kappa shape index (κ1) is 13.8. The molecular weight excluding hydrogens is 278 g/mol. The molecule has 5 nitrogen and oxygen atoms in total. The first-order valence-corrected chi connectivity index (χ1v) is 5.80. The van der Waals surface area contributed by atoms with Gasteiger partial charge in [0.2, 0.25) is 0 Å². The second kappa shape index (κ2) is 5.18. The minimum atomic E-state index is -2.83. The molecule has 0 radical (unpaired) electrons. The molecule has 1 N–H and O–H groups in total. The molecular formula is C11H11ClF2N4O. The van der Waals surface area contributed by atoms with E-state index in [9.17, 15) is 8.78 Å². The molecule has 0 spiro atoms. The Balaban J connectivity index is 2.62. The highest BCUT2D eigenvalue weighted by molar-refractivity contribution is 6.30. The molecule has 2 rings (SSSR count). The topological polar surface area (TPSA) is 63.8 Å². The van der Waals surface area contributed by atoms with Gasteiger partial charge in [-0.25, -0.2) is 18.7 Å². The molecule has 0 atom stereocenters. The van der Waals surface area contributed by atoms with Crippen LogP contribution in [0.2, 0.25) is 5.15 Å². The molecule has 102 valence electrons. The van der Waals surface area contributed by atoms with Crippen LogP contribution in [-0.2, 0) is 6.61 Å². The van der Waals surface area contributed by atoms with Crippen LogP contribution < -0.4 is 0 Å². The summed E-state index contributed by atoms with van der Waals surface area (Å²) in [4.78, 5) is 8.18. The first-order chi connectivity index (χ1) is 8.93. The fourth-order valence-corrected chi connectivity index (χ4v) is 1.97. The SMILES string of the molecule is Cc1cc(C)nc(-n2nc(C(F)F)c(CO)c2Cl)n1. The largest absolute Gasteiger partial charge is 0.391 e. The first-order valence-electron chi connectivity index (χ1n) is 5.43. The van der Waals surface area contributed by atoms with Crippen LogP contribution in [0.4, 0.5) is 8.78 Å². The Morgan fingerprint density at radius 2 is 1.89 bits per heavy atom. The molecule has 0 bridgehead atoms. The Morgan fingerprint density at radius 3 is 2.32 bits per heavy atom. The maximum atomic E-state index is 12.8. The van der Waals surface area contributed by atoms with Gasteiger partial charge >= 0.3 is 0 Å². The minimum absolute atomic E-state index is 0.101. The van der Waals surface area contributed by atoms with Crippen LogP contribution in [0.15, 0.2) is 6.07 Å². The Kier molecular flexibility index (Phi) is 3.77. The molecule has 0 fully saturated rings. The van der Waals surface area contributed by atoms with Crippen molar-refractivity contribution in [2.45, 2.75) is 26.9 Å². The summed E-state index contributed by atoms with van der Waals surface area (Å²) in [5.41, 5.74) is 0.658. The molecule has 0 unspecified atom stereocenters. The van der Waals surface area contributed by atoms with E-state index in [4.69, 9.17) is 16.7 Å². The van der Waals surface area contributed by atoms with Gasteiger partial charge in [0, 0.05) is 17.0 Å². The summed E-state index contributed by atoms with van der Waals surface area (Å²) in [7, 11) is 0. The minimum Gasteiger partial charge on any atom is -0.391 e. The molecule has 0 aliphatic rings. The van der Waals surface area contributed by atoms with Gasteiger partial charge in [-0.1, -0.05) is 11.6 Å². The van der Waals surface area contributed by atoms with E-state index in [2.05, 4.69) is 15.1 Å². The summed E-state index contributed by atoms with van der Waals surface area (Å²) >= 11 is 5.94. The summed E-state index contributed by atoms with van der Waals surface area (Å²) in [5.74, 6) is 0.101. The van der Waals surface area contributed by atoms with Crippen molar-refractivity contribution < 1.29 is 13.9 Å². The van der Waals surface area contributed by atoms with Gasteiger partial charge in [0.15, 0.2) is 0 Å². The standard InChI is InChI=1S/C11H11ClF2N4O/c1-5-3-6(2)16-11(15-5)18-9(12)7(4-19)8(17-18)10(13)14/h3,10,19H,4H2,1-2H3. The third kappa shape index (κ3) is 2.57. The van der Waals surface area contributed by atoms with Gasteiger partial charge < -0.3 is 5.11 Å². The molecule has 0 aliphatic carbocycles. The maximum absolute atomic E-state index is 12.8. The number of hydrogen-bond acceptors (Lipinski definition) is 4. The van der Waals surface area contributed by atoms with Crippen molar-refractivity contribution in [1.29, 1.82) is 0 Å². The van der Waals surface area contributed by atoms with Crippen LogP contribution in [0.25, 0.3) is 5.95 Å². The van der Waals surface area contributed by atoms with Crippen LogP contribution in [0.5, 0.6) is 0 Å². The fourth-order valence-electron chi connectivity index (χ4n) is 1.70. The van der Waals surface area contributed by atoms with Gasteiger partial charge in [-0.05, 0) is 19.9 Å². The molecule has 2 heterocycles. The summed E-state index contributed by atoms with van der Waals surface area (Å²) in [6.07, 6.45) is -2.83. The van der Waals surface area contributed by atoms with Crippen LogP contribution >= 0.6 is 11.6 Å². The predicted molar refractivity (Wildman–Crippen MR) is 64.5 cm³/mol. The number of alkyl halides is 2. The third-order valence-corrected chi connectivity index (χ3v) is 2.86. The van der Waals surface area contributed by atoms with Gasteiger partial charge in [-0.15, -0.1) is 0 Å². The monoisotopic (exact) mass is 288 g/mol. The van der Waals surface area contributed by atoms with Crippen LogP contribution in [0.3, 0.4) is 0 Å². The van der Waals surface area contributed by atoms with Crippen LogP contribution in [0.1, 0.15) is 29.1 Å². The van der Waals surface area contributed by atoms with Crippen LogP contribution in [0, 0.1) is 13.8 Å². The van der Waals surface area contributed by atoms with Gasteiger partial charge in [0.25, 0.3) is 12.4 Å². The number of aromatic nitrogens is 4. The second-order valence-corrected chi connectivity index (χ2v) is 4.33. The number of rotatable bonds is 3. The van der Waals surface area contributed by atoms with Gasteiger partial charge in [-0.2, -0.15) is 9.78 Å². The Bertz CT molecular complexity index is 595. The molecule has 0 saturated carbocycles. The lowest BCUT2D eigenvalue weighted by atomic mass is 10.3. The molecule has 0 amide bonds. The summed E-state index contributed by atoms with van der Waals surface area (Å²) < 4.78 is 26.6. The average molecular weight is 289 g/mol. The van der Waals surface area contributed by atoms with Crippen molar-refractivity contribution in [1.82, 2.24) is 19.7 Å². The van der Waals surface area contributed by atoms with Crippen molar-refractivity contribution >= 4 is 11.6 Å². The molecule has 0 saturated heterocycles. The Labute approximate surface area is 112 Å². The van der Waals surface area contributed by atoms with E-state index >= 15 is 0 Å². The number of aliphatic hydroxyl groups is 1. The predicted octanol–water partition coefficient (Wildman–Crippen LogP) is 2.36. The number of aryl methyl sites for hydroxylation is 2. The lowest BCUT2D eigenvalue weighted by molar-refractivity contribution is 0.141. The lowest BCUT2D eigenvalue weighted by Gasteiger charge is -2.03. The zero-order valence-electron chi connectivity index (χ0n) is 10.2. The average Bonchev–Trinajstić information content (AvgIpc) is 2.65. The van der Waals surface area contributed by atoms with Gasteiger partial charge in [0.1, 0.15) is 10.8 Å². The van der Waals surface area contributed by atoms with Gasteiger partial charge in [-0.3, -0.25) is 0 Å². The summed E-state index contributed by atoms with van der Waals surface area (Å²) in [6.45, 7) is 2.87. The lowest BCUT2D eigenvalue weighted by Crippen LogP contribution is -2.06. The van der Waals surface area contributed by atoms with Gasteiger partial charge in [0.05, 0.1) is 6.61 Å². The van der Waals surface area contributed by atoms with E-state index in [0.29, 0.717) is 11.4 Å². The molecule has 19 heavy (non-hydrogen) atoms. The third-order valence-electron chi connectivity index (χ3n) is 2.48. The van der Waals surface area contributed by atoms with E-state index in [1.165, 1.54) is 0 Å². The summed E-state index contributed by atoms with van der Waals surface area (Å²) in [5, 5.41) is 12.7. The number of aliphatic hydroxyl groups excluding tert-OH is 1. The zero-order chi connectivity index (χ0) is 14.2. The number of nitrogens with zero attached hydrogens (tertiary/aromatic N) is 4. The van der Waals surface area contributed by atoms with Crippen molar-refractivity contribution in [3.63, 3.8) is 0 Å². The van der Waals surface area contributed by atoms with Crippen molar-refractivity contribution in [3.05, 3.63) is 33.9 Å². The highest BCUT2D eigenvalue weighted by atomic mass is 35.5. The molecule has 0 aliphatic heterocycles. The van der Waals surface area contributed by atoms with E-state index in [-0.39, 0.29) is 16.7 Å². The van der Waals surface area contributed by atoms with Crippen molar-refractivity contribution in [3.8, 4) is 5.95 Å². The molecule has 0 aromatic carbocycles. The van der Waals surface area contributed by atoms with E-state index in [1.807, 2.05) is 0 Å². The Morgan fingerprint density at radius 1 is 1.32 bits per heavy atom. The van der Waals surface area contributed by atoms with E-state index in [1.54, 1.807) is 19.9 Å².